The van der Waals surface area contributed by atoms with Crippen LogP contribution in [0.4, 0.5) is 11.8 Å². The fourth-order valence-electron chi connectivity index (χ4n) is 1.64. The standard InChI is InChI=1S/C12H22BrN5/c1-9(2)8-18(6-5-17(3)4)11-10(13)7-15-12(14)16-11/h7,9H,5-6,8H2,1-4H3,(H2,14,15,16). The second-order valence-corrected chi connectivity index (χ2v) is 5.90. The van der Waals surface area contributed by atoms with E-state index < -0.39 is 0 Å². The van der Waals surface area contributed by atoms with E-state index in [-0.39, 0.29) is 0 Å². The first-order valence-electron chi connectivity index (χ1n) is 6.08. The monoisotopic (exact) mass is 315 g/mol. The maximum absolute atomic E-state index is 5.67. The lowest BCUT2D eigenvalue weighted by molar-refractivity contribution is 0.408. The minimum Gasteiger partial charge on any atom is -0.368 e. The van der Waals surface area contributed by atoms with Gasteiger partial charge in [-0.1, -0.05) is 13.8 Å². The molecule has 2 N–H and O–H groups in total. The first-order chi connectivity index (χ1) is 8.40. The van der Waals surface area contributed by atoms with Gasteiger partial charge in [-0.3, -0.25) is 0 Å². The van der Waals surface area contributed by atoms with E-state index >= 15 is 0 Å². The highest BCUT2D eigenvalue weighted by atomic mass is 79.9. The number of hydrogen-bond acceptors (Lipinski definition) is 5. The summed E-state index contributed by atoms with van der Waals surface area (Å²) >= 11 is 3.49. The van der Waals surface area contributed by atoms with Gasteiger partial charge in [-0.15, -0.1) is 0 Å². The number of nitrogens with zero attached hydrogens (tertiary/aromatic N) is 4. The van der Waals surface area contributed by atoms with Crippen LogP contribution in [-0.2, 0) is 0 Å². The van der Waals surface area contributed by atoms with Crippen LogP contribution in [0.25, 0.3) is 0 Å². The van der Waals surface area contributed by atoms with E-state index in [1.165, 1.54) is 0 Å². The van der Waals surface area contributed by atoms with Crippen molar-refractivity contribution in [2.75, 3.05) is 44.4 Å². The lowest BCUT2D eigenvalue weighted by Crippen LogP contribution is -2.35. The Morgan fingerprint density at radius 3 is 2.56 bits per heavy atom. The molecule has 1 aromatic rings. The molecule has 0 fully saturated rings. The zero-order chi connectivity index (χ0) is 13.7. The summed E-state index contributed by atoms with van der Waals surface area (Å²) in [5.74, 6) is 1.75. The van der Waals surface area contributed by atoms with Gasteiger partial charge >= 0.3 is 0 Å². The maximum Gasteiger partial charge on any atom is 0.222 e. The minimum absolute atomic E-state index is 0.312. The van der Waals surface area contributed by atoms with Gasteiger partial charge in [-0.2, -0.15) is 4.98 Å². The fraction of sp³-hybridized carbons (Fsp3) is 0.667. The summed E-state index contributed by atoms with van der Waals surface area (Å²) in [5, 5.41) is 0. The third-order valence-electron chi connectivity index (χ3n) is 2.45. The molecule has 0 aliphatic carbocycles. The van der Waals surface area contributed by atoms with Gasteiger partial charge in [-0.05, 0) is 35.9 Å². The summed E-state index contributed by atoms with van der Waals surface area (Å²) in [6.45, 7) is 7.23. The highest BCUT2D eigenvalue weighted by Gasteiger charge is 2.14. The number of hydrogen-bond donors (Lipinski definition) is 1. The van der Waals surface area contributed by atoms with Crippen molar-refractivity contribution in [2.45, 2.75) is 13.8 Å². The van der Waals surface area contributed by atoms with E-state index in [2.05, 4.69) is 63.6 Å². The molecule has 1 heterocycles. The molecule has 0 amide bonds. The molecule has 0 radical (unpaired) electrons. The van der Waals surface area contributed by atoms with Crippen molar-refractivity contribution in [1.29, 1.82) is 0 Å². The number of halogens is 1. The van der Waals surface area contributed by atoms with E-state index in [0.29, 0.717) is 11.9 Å². The van der Waals surface area contributed by atoms with Crippen LogP contribution in [0.2, 0.25) is 0 Å². The minimum atomic E-state index is 0.312. The molecule has 0 aliphatic heterocycles. The Kier molecular flexibility index (Phi) is 5.81. The van der Waals surface area contributed by atoms with Crippen LogP contribution in [0, 0.1) is 5.92 Å². The van der Waals surface area contributed by atoms with Gasteiger partial charge in [0.05, 0.1) is 4.47 Å². The predicted molar refractivity (Wildman–Crippen MR) is 79.7 cm³/mol. The quantitative estimate of drug-likeness (QED) is 0.868. The summed E-state index contributed by atoms with van der Waals surface area (Å²) in [4.78, 5) is 12.7. The van der Waals surface area contributed by atoms with Gasteiger partial charge in [0.2, 0.25) is 5.95 Å². The number of nitrogen functional groups attached to an aromatic ring is 1. The summed E-state index contributed by atoms with van der Waals surface area (Å²) in [7, 11) is 4.13. The first kappa shape index (κ1) is 15.2. The number of nitrogens with two attached hydrogens (primary N) is 1. The molecule has 6 heteroatoms. The van der Waals surface area contributed by atoms with Gasteiger partial charge in [0.25, 0.3) is 0 Å². The molecule has 0 bridgehead atoms. The van der Waals surface area contributed by atoms with Crippen molar-refractivity contribution in [2.24, 2.45) is 5.92 Å². The van der Waals surface area contributed by atoms with Crippen LogP contribution in [0.3, 0.4) is 0 Å². The zero-order valence-electron chi connectivity index (χ0n) is 11.5. The van der Waals surface area contributed by atoms with Gasteiger partial charge in [-0.25, -0.2) is 4.98 Å². The van der Waals surface area contributed by atoms with E-state index in [4.69, 9.17) is 5.73 Å². The summed E-state index contributed by atoms with van der Waals surface area (Å²) < 4.78 is 0.885. The summed E-state index contributed by atoms with van der Waals surface area (Å²) in [5.41, 5.74) is 5.67. The predicted octanol–water partition coefficient (Wildman–Crippen LogP) is 1.85. The van der Waals surface area contributed by atoms with Crippen LogP contribution in [-0.4, -0.2) is 48.6 Å². The molecule has 0 saturated heterocycles. The van der Waals surface area contributed by atoms with E-state index in [0.717, 1.165) is 29.9 Å². The van der Waals surface area contributed by atoms with E-state index in [1.54, 1.807) is 6.20 Å². The Bertz CT molecular complexity index is 381. The highest BCUT2D eigenvalue weighted by Crippen LogP contribution is 2.24. The molecule has 18 heavy (non-hydrogen) atoms. The molecule has 0 aliphatic rings. The van der Waals surface area contributed by atoms with Gasteiger partial charge in [0.15, 0.2) is 0 Å². The van der Waals surface area contributed by atoms with Crippen molar-refractivity contribution in [1.82, 2.24) is 14.9 Å². The molecule has 5 nitrogen and oxygen atoms in total. The smallest absolute Gasteiger partial charge is 0.222 e. The largest absolute Gasteiger partial charge is 0.368 e. The lowest BCUT2D eigenvalue weighted by Gasteiger charge is -2.27. The fourth-order valence-corrected chi connectivity index (χ4v) is 2.08. The normalized spacial score (nSPS) is 11.3. The van der Waals surface area contributed by atoms with Crippen LogP contribution < -0.4 is 10.6 Å². The summed E-state index contributed by atoms with van der Waals surface area (Å²) in [6.07, 6.45) is 1.71. The summed E-state index contributed by atoms with van der Waals surface area (Å²) in [6, 6.07) is 0. The Balaban J connectivity index is 2.89. The molecule has 0 aromatic carbocycles. The van der Waals surface area contributed by atoms with Gasteiger partial charge < -0.3 is 15.5 Å². The molecule has 0 spiro atoms. The van der Waals surface area contributed by atoms with Crippen molar-refractivity contribution < 1.29 is 0 Å². The van der Waals surface area contributed by atoms with Crippen LogP contribution in [0.15, 0.2) is 10.7 Å². The van der Waals surface area contributed by atoms with Crippen molar-refractivity contribution in [3.8, 4) is 0 Å². The molecular weight excluding hydrogens is 294 g/mol. The van der Waals surface area contributed by atoms with Crippen LogP contribution in [0.1, 0.15) is 13.8 Å². The number of aromatic nitrogens is 2. The number of likely N-dealkylation sites (N-methyl/N-ethyl adjacent to an activating group) is 1. The molecular formula is C12H22BrN5. The lowest BCUT2D eigenvalue weighted by atomic mass is 10.2. The first-order valence-corrected chi connectivity index (χ1v) is 6.87. The average Bonchev–Trinajstić information content (AvgIpc) is 2.27. The Morgan fingerprint density at radius 1 is 1.33 bits per heavy atom. The van der Waals surface area contributed by atoms with E-state index in [9.17, 15) is 0 Å². The number of rotatable bonds is 6. The SMILES string of the molecule is CC(C)CN(CCN(C)C)c1nc(N)ncc1Br. The second kappa shape index (κ2) is 6.89. The Morgan fingerprint density at radius 2 is 2.00 bits per heavy atom. The maximum atomic E-state index is 5.67. The van der Waals surface area contributed by atoms with Crippen molar-refractivity contribution >= 4 is 27.7 Å². The van der Waals surface area contributed by atoms with Crippen molar-refractivity contribution in [3.05, 3.63) is 10.7 Å². The molecule has 0 saturated carbocycles. The topological polar surface area (TPSA) is 58.3 Å². The van der Waals surface area contributed by atoms with Gasteiger partial charge in [0, 0.05) is 25.8 Å². The van der Waals surface area contributed by atoms with Crippen LogP contribution >= 0.6 is 15.9 Å². The number of anilines is 2. The molecule has 102 valence electrons. The average molecular weight is 316 g/mol. The molecule has 1 aromatic heterocycles. The third kappa shape index (κ3) is 4.78. The zero-order valence-corrected chi connectivity index (χ0v) is 13.1. The van der Waals surface area contributed by atoms with E-state index in [1.807, 2.05) is 0 Å². The third-order valence-corrected chi connectivity index (χ3v) is 3.01. The van der Waals surface area contributed by atoms with Crippen molar-refractivity contribution in [3.63, 3.8) is 0 Å². The highest BCUT2D eigenvalue weighted by molar-refractivity contribution is 9.10. The Labute approximate surface area is 118 Å². The van der Waals surface area contributed by atoms with Crippen LogP contribution in [0.5, 0.6) is 0 Å². The second-order valence-electron chi connectivity index (χ2n) is 5.04. The van der Waals surface area contributed by atoms with Gasteiger partial charge in [0.1, 0.15) is 5.82 Å². The molecule has 1 rings (SSSR count). The molecule has 0 unspecified atom stereocenters. The molecule has 0 atom stereocenters. The Hall–Kier alpha value is -0.880.